The number of nitrogens with one attached hydrogen (secondary N) is 2. The highest BCUT2D eigenvalue weighted by atomic mass is 16.4. The minimum atomic E-state index is -0.919. The van der Waals surface area contributed by atoms with Crippen molar-refractivity contribution in [3.63, 3.8) is 0 Å². The SMILES string of the molecule is CC1CN(C(=O)Cc2cc(=O)[nH]c(=O)[nH]2)CC1C(=O)O. The molecular formula is C12H15N3O5. The van der Waals surface area contributed by atoms with Crippen LogP contribution in [0.4, 0.5) is 0 Å². The number of hydrogen-bond acceptors (Lipinski definition) is 4. The number of aromatic nitrogens is 2. The molecule has 1 aromatic rings. The van der Waals surface area contributed by atoms with Gasteiger partial charge in [0.25, 0.3) is 5.56 Å². The van der Waals surface area contributed by atoms with Crippen LogP contribution in [0.3, 0.4) is 0 Å². The maximum Gasteiger partial charge on any atom is 0.325 e. The Morgan fingerprint density at radius 2 is 2.05 bits per heavy atom. The van der Waals surface area contributed by atoms with E-state index in [1.165, 1.54) is 4.90 Å². The van der Waals surface area contributed by atoms with Crippen LogP contribution in [0.15, 0.2) is 15.7 Å². The van der Waals surface area contributed by atoms with Crippen LogP contribution in [0.25, 0.3) is 0 Å². The van der Waals surface area contributed by atoms with E-state index in [4.69, 9.17) is 5.11 Å². The van der Waals surface area contributed by atoms with Gasteiger partial charge in [0, 0.05) is 24.8 Å². The van der Waals surface area contributed by atoms with Crippen molar-refractivity contribution in [2.24, 2.45) is 11.8 Å². The predicted octanol–water partition coefficient (Wildman–Crippen LogP) is -1.22. The molecule has 0 aromatic carbocycles. The summed E-state index contributed by atoms with van der Waals surface area (Å²) in [7, 11) is 0. The summed E-state index contributed by atoms with van der Waals surface area (Å²) in [5.74, 6) is -1.91. The zero-order valence-electron chi connectivity index (χ0n) is 10.9. The van der Waals surface area contributed by atoms with E-state index in [1.54, 1.807) is 6.92 Å². The number of carbonyl (C=O) groups excluding carboxylic acids is 1. The van der Waals surface area contributed by atoms with Crippen LogP contribution in [0.2, 0.25) is 0 Å². The molecule has 0 saturated carbocycles. The maximum atomic E-state index is 12.0. The van der Waals surface area contributed by atoms with E-state index >= 15 is 0 Å². The van der Waals surface area contributed by atoms with Gasteiger partial charge in [0.15, 0.2) is 0 Å². The molecule has 0 aliphatic carbocycles. The third-order valence-corrected chi connectivity index (χ3v) is 3.44. The van der Waals surface area contributed by atoms with E-state index in [2.05, 4.69) is 4.98 Å². The van der Waals surface area contributed by atoms with Crippen molar-refractivity contribution < 1.29 is 14.7 Å². The number of carboxylic acids is 1. The number of likely N-dealkylation sites (tertiary alicyclic amines) is 1. The summed E-state index contributed by atoms with van der Waals surface area (Å²) >= 11 is 0. The molecule has 8 heteroatoms. The number of hydrogen-bond donors (Lipinski definition) is 3. The first-order valence-corrected chi connectivity index (χ1v) is 6.20. The van der Waals surface area contributed by atoms with Crippen LogP contribution in [0, 0.1) is 11.8 Å². The van der Waals surface area contributed by atoms with Gasteiger partial charge in [-0.2, -0.15) is 0 Å². The lowest BCUT2D eigenvalue weighted by Gasteiger charge is -2.15. The smallest absolute Gasteiger partial charge is 0.325 e. The largest absolute Gasteiger partial charge is 0.481 e. The highest BCUT2D eigenvalue weighted by Crippen LogP contribution is 2.23. The third kappa shape index (κ3) is 2.95. The molecule has 2 rings (SSSR count). The minimum absolute atomic E-state index is 0.116. The first-order chi connectivity index (χ1) is 9.36. The quantitative estimate of drug-likeness (QED) is 0.641. The normalized spacial score (nSPS) is 21.9. The molecular weight excluding hydrogens is 266 g/mol. The molecule has 2 atom stereocenters. The first-order valence-electron chi connectivity index (χ1n) is 6.20. The van der Waals surface area contributed by atoms with Crippen molar-refractivity contribution in [3.05, 3.63) is 32.6 Å². The summed E-state index contributed by atoms with van der Waals surface area (Å²) in [5.41, 5.74) is -1.02. The molecule has 3 N–H and O–H groups in total. The van der Waals surface area contributed by atoms with Gasteiger partial charge in [-0.15, -0.1) is 0 Å². The molecule has 1 fully saturated rings. The Morgan fingerprint density at radius 3 is 2.60 bits per heavy atom. The van der Waals surface area contributed by atoms with Gasteiger partial charge in [-0.3, -0.25) is 19.4 Å². The van der Waals surface area contributed by atoms with Gasteiger partial charge in [-0.25, -0.2) is 4.79 Å². The molecule has 8 nitrogen and oxygen atoms in total. The highest BCUT2D eigenvalue weighted by Gasteiger charge is 2.36. The average Bonchev–Trinajstić information content (AvgIpc) is 2.70. The molecule has 0 bridgehead atoms. The Morgan fingerprint density at radius 1 is 1.35 bits per heavy atom. The molecule has 0 radical (unpaired) electrons. The van der Waals surface area contributed by atoms with E-state index in [-0.39, 0.29) is 30.5 Å². The van der Waals surface area contributed by atoms with Crippen LogP contribution in [-0.2, 0) is 16.0 Å². The number of carboxylic acid groups (broad SMARTS) is 1. The predicted molar refractivity (Wildman–Crippen MR) is 68.3 cm³/mol. The van der Waals surface area contributed by atoms with Gasteiger partial charge in [0.1, 0.15) is 0 Å². The lowest BCUT2D eigenvalue weighted by atomic mass is 9.99. The van der Waals surface area contributed by atoms with Gasteiger partial charge >= 0.3 is 11.7 Å². The zero-order valence-corrected chi connectivity index (χ0v) is 10.9. The van der Waals surface area contributed by atoms with E-state index < -0.39 is 23.1 Å². The number of aromatic amines is 2. The first kappa shape index (κ1) is 14.0. The number of H-pyrrole nitrogens is 2. The van der Waals surface area contributed by atoms with Crippen molar-refractivity contribution >= 4 is 11.9 Å². The fourth-order valence-electron chi connectivity index (χ4n) is 2.38. The fraction of sp³-hybridized carbons (Fsp3) is 0.500. The van der Waals surface area contributed by atoms with Gasteiger partial charge in [-0.05, 0) is 5.92 Å². The van der Waals surface area contributed by atoms with E-state index in [9.17, 15) is 19.2 Å². The van der Waals surface area contributed by atoms with E-state index in [0.717, 1.165) is 6.07 Å². The molecule has 1 aromatic heterocycles. The van der Waals surface area contributed by atoms with Gasteiger partial charge in [0.2, 0.25) is 5.91 Å². The van der Waals surface area contributed by atoms with Crippen LogP contribution >= 0.6 is 0 Å². The molecule has 2 heterocycles. The Bertz CT molecular complexity index is 619. The second kappa shape index (κ2) is 5.32. The molecule has 0 spiro atoms. The number of aliphatic carboxylic acids is 1. The monoisotopic (exact) mass is 281 g/mol. The van der Waals surface area contributed by atoms with Crippen LogP contribution in [0.5, 0.6) is 0 Å². The average molecular weight is 281 g/mol. The fourth-order valence-corrected chi connectivity index (χ4v) is 2.38. The second-order valence-electron chi connectivity index (χ2n) is 5.01. The third-order valence-electron chi connectivity index (χ3n) is 3.44. The molecule has 2 unspecified atom stereocenters. The summed E-state index contributed by atoms with van der Waals surface area (Å²) in [4.78, 5) is 51.1. The highest BCUT2D eigenvalue weighted by molar-refractivity contribution is 5.80. The lowest BCUT2D eigenvalue weighted by molar-refractivity contribution is -0.142. The summed E-state index contributed by atoms with van der Waals surface area (Å²) in [6, 6.07) is 1.15. The van der Waals surface area contributed by atoms with Crippen LogP contribution < -0.4 is 11.2 Å². The Hall–Kier alpha value is -2.38. The summed E-state index contributed by atoms with van der Waals surface area (Å²) in [6.07, 6.45) is -0.127. The Kier molecular flexibility index (Phi) is 3.73. The molecule has 108 valence electrons. The Balaban J connectivity index is 2.08. The van der Waals surface area contributed by atoms with Gasteiger partial charge in [0.05, 0.1) is 12.3 Å². The van der Waals surface area contributed by atoms with Crippen molar-refractivity contribution in [1.82, 2.24) is 14.9 Å². The standard InChI is InChI=1S/C12H15N3O5/c1-6-4-15(5-8(6)11(18)19)10(17)3-7-2-9(16)14-12(20)13-7/h2,6,8H,3-5H2,1H3,(H,18,19)(H2,13,14,16,20). The topological polar surface area (TPSA) is 123 Å². The number of carbonyl (C=O) groups is 2. The lowest BCUT2D eigenvalue weighted by Crippen LogP contribution is -2.33. The van der Waals surface area contributed by atoms with Crippen molar-refractivity contribution in [3.8, 4) is 0 Å². The second-order valence-corrected chi connectivity index (χ2v) is 5.01. The van der Waals surface area contributed by atoms with E-state index in [1.807, 2.05) is 4.98 Å². The van der Waals surface area contributed by atoms with Crippen molar-refractivity contribution in [2.75, 3.05) is 13.1 Å². The Labute approximate surface area is 113 Å². The van der Waals surface area contributed by atoms with Crippen molar-refractivity contribution in [1.29, 1.82) is 0 Å². The van der Waals surface area contributed by atoms with Crippen LogP contribution in [0.1, 0.15) is 12.6 Å². The molecule has 1 aliphatic heterocycles. The molecule has 1 aliphatic rings. The maximum absolute atomic E-state index is 12.0. The van der Waals surface area contributed by atoms with Gasteiger partial charge < -0.3 is 15.0 Å². The summed E-state index contributed by atoms with van der Waals surface area (Å²) < 4.78 is 0. The number of amides is 1. The van der Waals surface area contributed by atoms with Gasteiger partial charge in [-0.1, -0.05) is 6.92 Å². The summed E-state index contributed by atoms with van der Waals surface area (Å²) in [5, 5.41) is 9.01. The zero-order chi connectivity index (χ0) is 14.9. The van der Waals surface area contributed by atoms with Crippen molar-refractivity contribution in [2.45, 2.75) is 13.3 Å². The summed E-state index contributed by atoms with van der Waals surface area (Å²) in [6.45, 7) is 2.30. The number of rotatable bonds is 3. The molecule has 1 saturated heterocycles. The van der Waals surface area contributed by atoms with E-state index in [0.29, 0.717) is 6.54 Å². The minimum Gasteiger partial charge on any atom is -0.481 e. The van der Waals surface area contributed by atoms with Crippen LogP contribution in [-0.4, -0.2) is 44.9 Å². The molecule has 1 amide bonds. The number of nitrogens with zero attached hydrogens (tertiary/aromatic N) is 1. The molecule has 20 heavy (non-hydrogen) atoms.